The molecule has 3 aromatic rings. The average Bonchev–Trinajstić information content (AvgIpc) is 3.20. The van der Waals surface area contributed by atoms with Crippen molar-refractivity contribution in [2.75, 3.05) is 12.8 Å². The lowest BCUT2D eigenvalue weighted by Crippen LogP contribution is -2.27. The van der Waals surface area contributed by atoms with Crippen LogP contribution in [0, 0.1) is 0 Å². The summed E-state index contributed by atoms with van der Waals surface area (Å²) in [6.07, 6.45) is 1.61. The lowest BCUT2D eigenvalue weighted by molar-refractivity contribution is -0.127. The van der Waals surface area contributed by atoms with E-state index in [1.807, 2.05) is 43.3 Å². The summed E-state index contributed by atoms with van der Waals surface area (Å²) in [5.74, 6) is 1.85. The van der Waals surface area contributed by atoms with Crippen molar-refractivity contribution >= 4 is 28.8 Å². The van der Waals surface area contributed by atoms with Crippen LogP contribution in [0.1, 0.15) is 23.8 Å². The highest BCUT2D eigenvalue weighted by molar-refractivity contribution is 8.00. The SMILES string of the molecule is C[C@H](SCC(=O)N(C)Cc1ccco1)c1nc2ccccc2o1. The lowest BCUT2D eigenvalue weighted by Gasteiger charge is -2.16. The Morgan fingerprint density at radius 2 is 2.13 bits per heavy atom. The Balaban J connectivity index is 1.55. The molecule has 1 amide bonds. The van der Waals surface area contributed by atoms with Crippen LogP contribution in [-0.4, -0.2) is 28.6 Å². The molecule has 1 atom stereocenters. The molecule has 0 unspecified atom stereocenters. The van der Waals surface area contributed by atoms with Crippen LogP contribution in [0.4, 0.5) is 0 Å². The number of nitrogens with zero attached hydrogens (tertiary/aromatic N) is 2. The summed E-state index contributed by atoms with van der Waals surface area (Å²) in [7, 11) is 1.77. The number of hydrogen-bond acceptors (Lipinski definition) is 5. The molecular weight excluding hydrogens is 312 g/mol. The van der Waals surface area contributed by atoms with Crippen molar-refractivity contribution in [2.24, 2.45) is 0 Å². The molecule has 0 fully saturated rings. The number of carbonyl (C=O) groups excluding carboxylic acids is 1. The van der Waals surface area contributed by atoms with Gasteiger partial charge >= 0.3 is 0 Å². The predicted octanol–water partition coefficient (Wildman–Crippen LogP) is 3.87. The molecule has 0 saturated heterocycles. The second-order valence-corrected chi connectivity index (χ2v) is 6.63. The molecule has 3 rings (SSSR count). The van der Waals surface area contributed by atoms with E-state index in [1.54, 1.807) is 18.2 Å². The second-order valence-electron chi connectivity index (χ2n) is 5.30. The molecule has 23 heavy (non-hydrogen) atoms. The van der Waals surface area contributed by atoms with Gasteiger partial charge in [-0.15, -0.1) is 11.8 Å². The smallest absolute Gasteiger partial charge is 0.232 e. The summed E-state index contributed by atoms with van der Waals surface area (Å²) in [6, 6.07) is 11.3. The summed E-state index contributed by atoms with van der Waals surface area (Å²) in [5, 5.41) is 0.0170. The number of rotatable bonds is 6. The van der Waals surface area contributed by atoms with E-state index in [0.717, 1.165) is 16.9 Å². The van der Waals surface area contributed by atoms with Gasteiger partial charge in [-0.1, -0.05) is 12.1 Å². The Labute approximate surface area is 138 Å². The Bertz CT molecular complexity index is 749. The minimum absolute atomic E-state index is 0.0170. The molecule has 0 aliphatic rings. The summed E-state index contributed by atoms with van der Waals surface area (Å²) in [6.45, 7) is 2.47. The van der Waals surface area contributed by atoms with Gasteiger partial charge in [-0.2, -0.15) is 0 Å². The number of hydrogen-bond donors (Lipinski definition) is 0. The lowest BCUT2D eigenvalue weighted by atomic mass is 10.3. The number of para-hydroxylation sites is 2. The Morgan fingerprint density at radius 3 is 2.87 bits per heavy atom. The zero-order valence-corrected chi connectivity index (χ0v) is 13.9. The van der Waals surface area contributed by atoms with Gasteiger partial charge in [0.2, 0.25) is 11.8 Å². The number of benzene rings is 1. The van der Waals surface area contributed by atoms with Crippen LogP contribution < -0.4 is 0 Å². The van der Waals surface area contributed by atoms with Crippen molar-refractivity contribution in [1.82, 2.24) is 9.88 Å². The number of aromatic nitrogens is 1. The third kappa shape index (κ3) is 3.76. The molecule has 120 valence electrons. The van der Waals surface area contributed by atoms with Gasteiger partial charge in [-0.05, 0) is 31.2 Å². The van der Waals surface area contributed by atoms with E-state index in [-0.39, 0.29) is 11.2 Å². The molecule has 6 heteroatoms. The van der Waals surface area contributed by atoms with Crippen LogP contribution >= 0.6 is 11.8 Å². The average molecular weight is 330 g/mol. The van der Waals surface area contributed by atoms with Gasteiger partial charge in [-0.25, -0.2) is 4.98 Å². The van der Waals surface area contributed by atoms with Crippen molar-refractivity contribution < 1.29 is 13.6 Å². The third-order valence-corrected chi connectivity index (χ3v) is 4.63. The largest absolute Gasteiger partial charge is 0.467 e. The third-order valence-electron chi connectivity index (χ3n) is 3.51. The number of thioether (sulfide) groups is 1. The van der Waals surface area contributed by atoms with Gasteiger partial charge in [0, 0.05) is 7.05 Å². The molecule has 0 aliphatic carbocycles. The van der Waals surface area contributed by atoms with Gasteiger partial charge in [0.05, 0.1) is 23.8 Å². The first kappa shape index (κ1) is 15.7. The van der Waals surface area contributed by atoms with E-state index >= 15 is 0 Å². The van der Waals surface area contributed by atoms with Gasteiger partial charge in [0.15, 0.2) is 5.58 Å². The van der Waals surface area contributed by atoms with E-state index in [2.05, 4.69) is 4.98 Å². The maximum Gasteiger partial charge on any atom is 0.232 e. The maximum absolute atomic E-state index is 12.2. The van der Waals surface area contributed by atoms with Crippen LogP contribution in [0.15, 0.2) is 51.5 Å². The molecule has 5 nitrogen and oxygen atoms in total. The molecule has 0 saturated carbocycles. The van der Waals surface area contributed by atoms with Crippen LogP contribution in [0.3, 0.4) is 0 Å². The molecule has 0 aliphatic heterocycles. The maximum atomic E-state index is 12.2. The number of carbonyl (C=O) groups is 1. The first-order valence-electron chi connectivity index (χ1n) is 7.37. The molecule has 1 aromatic carbocycles. The van der Waals surface area contributed by atoms with Crippen LogP contribution in [0.25, 0.3) is 11.1 Å². The zero-order valence-electron chi connectivity index (χ0n) is 13.1. The van der Waals surface area contributed by atoms with Crippen LogP contribution in [0.2, 0.25) is 0 Å². The van der Waals surface area contributed by atoms with Crippen molar-refractivity contribution in [1.29, 1.82) is 0 Å². The number of oxazole rings is 1. The molecule has 0 spiro atoms. The standard InChI is InChI=1S/C17H18N2O3S/c1-12(17-18-14-7-3-4-8-15(14)22-17)23-11-16(20)19(2)10-13-6-5-9-21-13/h3-9,12H,10-11H2,1-2H3/t12-/m0/s1. The van der Waals surface area contributed by atoms with E-state index in [4.69, 9.17) is 8.83 Å². The first-order valence-corrected chi connectivity index (χ1v) is 8.42. The Hall–Kier alpha value is -2.21. The van der Waals surface area contributed by atoms with Crippen molar-refractivity contribution in [2.45, 2.75) is 18.7 Å². The summed E-state index contributed by atoms with van der Waals surface area (Å²) < 4.78 is 11.0. The normalized spacial score (nSPS) is 12.4. The summed E-state index contributed by atoms with van der Waals surface area (Å²) >= 11 is 1.52. The van der Waals surface area contributed by atoms with Crippen LogP contribution in [-0.2, 0) is 11.3 Å². The minimum atomic E-state index is 0.0170. The predicted molar refractivity (Wildman–Crippen MR) is 90.1 cm³/mol. The van der Waals surface area contributed by atoms with E-state index in [0.29, 0.717) is 18.2 Å². The summed E-state index contributed by atoms with van der Waals surface area (Å²) in [5.41, 5.74) is 1.62. The Morgan fingerprint density at radius 1 is 1.30 bits per heavy atom. The van der Waals surface area contributed by atoms with E-state index < -0.39 is 0 Å². The highest BCUT2D eigenvalue weighted by Crippen LogP contribution is 2.30. The van der Waals surface area contributed by atoms with Gasteiger partial charge in [-0.3, -0.25) is 4.79 Å². The molecule has 2 aromatic heterocycles. The second kappa shape index (κ2) is 6.91. The fraction of sp³-hybridized carbons (Fsp3) is 0.294. The van der Waals surface area contributed by atoms with Gasteiger partial charge in [0.1, 0.15) is 11.3 Å². The summed E-state index contributed by atoms with van der Waals surface area (Å²) in [4.78, 5) is 18.3. The topological polar surface area (TPSA) is 59.5 Å². The first-order chi connectivity index (χ1) is 11.1. The monoisotopic (exact) mass is 330 g/mol. The molecule has 0 radical (unpaired) electrons. The van der Waals surface area contributed by atoms with Gasteiger partial charge < -0.3 is 13.7 Å². The highest BCUT2D eigenvalue weighted by Gasteiger charge is 2.17. The molecule has 2 heterocycles. The highest BCUT2D eigenvalue weighted by atomic mass is 32.2. The van der Waals surface area contributed by atoms with Crippen molar-refractivity contribution in [3.63, 3.8) is 0 Å². The number of furan rings is 1. The zero-order chi connectivity index (χ0) is 16.2. The fourth-order valence-electron chi connectivity index (χ4n) is 2.17. The van der Waals surface area contributed by atoms with E-state index in [1.165, 1.54) is 11.8 Å². The fourth-order valence-corrected chi connectivity index (χ4v) is 3.02. The van der Waals surface area contributed by atoms with Crippen LogP contribution in [0.5, 0.6) is 0 Å². The molecule has 0 bridgehead atoms. The van der Waals surface area contributed by atoms with Gasteiger partial charge in [0.25, 0.3) is 0 Å². The number of fused-ring (bicyclic) bond motifs is 1. The number of amides is 1. The quantitative estimate of drug-likeness (QED) is 0.686. The molecular formula is C17H18N2O3S. The minimum Gasteiger partial charge on any atom is -0.467 e. The molecule has 0 N–H and O–H groups in total. The van der Waals surface area contributed by atoms with Crippen molar-refractivity contribution in [3.8, 4) is 0 Å². The van der Waals surface area contributed by atoms with E-state index in [9.17, 15) is 4.79 Å². The Kier molecular flexibility index (Phi) is 4.71. The van der Waals surface area contributed by atoms with Crippen molar-refractivity contribution in [3.05, 3.63) is 54.3 Å².